The first kappa shape index (κ1) is 21.8. The largest absolute Gasteiger partial charge is 0.505 e. The fourth-order valence-corrected chi connectivity index (χ4v) is 8.55. The highest BCUT2D eigenvalue weighted by Crippen LogP contribution is 2.45. The van der Waals surface area contributed by atoms with Crippen LogP contribution in [0.2, 0.25) is 0 Å². The molecule has 9 heteroatoms. The van der Waals surface area contributed by atoms with E-state index >= 15 is 0 Å². The Balaban J connectivity index is 3.34. The van der Waals surface area contributed by atoms with Crippen LogP contribution in [0.15, 0.2) is 22.4 Å². The Morgan fingerprint density at radius 1 is 0.636 bits per heavy atom. The standard InChI is InChI=1S/C13H17Br5O3Si/c1-4-19-22(20-5-2,21-6-3)7-8-9(14)11(16)13(18)12(17)10(8)15/h4-7H2,1-3H3. The van der Waals surface area contributed by atoms with Crippen molar-refractivity contribution in [3.05, 3.63) is 27.9 Å². The summed E-state index contributed by atoms with van der Waals surface area (Å²) in [6, 6.07) is 0.578. The van der Waals surface area contributed by atoms with E-state index in [9.17, 15) is 0 Å². The molecule has 1 aromatic carbocycles. The molecule has 1 rings (SSSR count). The fraction of sp³-hybridized carbons (Fsp3) is 0.538. The van der Waals surface area contributed by atoms with Crippen molar-refractivity contribution < 1.29 is 13.3 Å². The molecule has 0 radical (unpaired) electrons. The van der Waals surface area contributed by atoms with Crippen LogP contribution in [-0.4, -0.2) is 28.6 Å². The van der Waals surface area contributed by atoms with E-state index in [0.29, 0.717) is 25.9 Å². The molecule has 1 aromatic rings. The zero-order valence-electron chi connectivity index (χ0n) is 12.4. The molecule has 22 heavy (non-hydrogen) atoms. The minimum atomic E-state index is -2.78. The van der Waals surface area contributed by atoms with Crippen molar-refractivity contribution in [2.75, 3.05) is 19.8 Å². The first-order valence-electron chi connectivity index (χ1n) is 6.75. The van der Waals surface area contributed by atoms with Crippen molar-refractivity contribution in [2.24, 2.45) is 0 Å². The highest BCUT2D eigenvalue weighted by Gasteiger charge is 2.42. The van der Waals surface area contributed by atoms with Gasteiger partial charge in [-0.2, -0.15) is 0 Å². The molecule has 0 saturated heterocycles. The van der Waals surface area contributed by atoms with Crippen LogP contribution in [0.4, 0.5) is 0 Å². The van der Waals surface area contributed by atoms with E-state index in [1.54, 1.807) is 0 Å². The SMILES string of the molecule is CCO[Si](Cc1c(Br)c(Br)c(Br)c(Br)c1Br)(OCC)OCC. The Hall–Kier alpha value is 1.72. The van der Waals surface area contributed by atoms with Crippen LogP contribution in [0.5, 0.6) is 0 Å². The summed E-state index contributed by atoms with van der Waals surface area (Å²) in [7, 11) is -2.78. The molecule has 0 spiro atoms. The van der Waals surface area contributed by atoms with Gasteiger partial charge >= 0.3 is 8.80 Å². The van der Waals surface area contributed by atoms with Crippen molar-refractivity contribution >= 4 is 88.5 Å². The quantitative estimate of drug-likeness (QED) is 0.180. The Morgan fingerprint density at radius 3 is 1.27 bits per heavy atom. The monoisotopic (exact) mass is 644 g/mol. The van der Waals surface area contributed by atoms with Crippen LogP contribution in [0.25, 0.3) is 0 Å². The van der Waals surface area contributed by atoms with Crippen molar-refractivity contribution in [1.29, 1.82) is 0 Å². The fourth-order valence-electron chi connectivity index (χ4n) is 1.96. The minimum absolute atomic E-state index is 0.556. The lowest BCUT2D eigenvalue weighted by Gasteiger charge is -2.29. The van der Waals surface area contributed by atoms with Crippen LogP contribution in [0, 0.1) is 0 Å². The van der Waals surface area contributed by atoms with E-state index in [-0.39, 0.29) is 0 Å². The normalized spacial score (nSPS) is 12.0. The molecule has 0 unspecified atom stereocenters. The summed E-state index contributed by atoms with van der Waals surface area (Å²) in [6.45, 7) is 7.53. The molecule has 0 saturated carbocycles. The predicted molar refractivity (Wildman–Crippen MR) is 109 cm³/mol. The Kier molecular flexibility index (Phi) is 9.90. The molecule has 0 N–H and O–H groups in total. The van der Waals surface area contributed by atoms with Gasteiger partial charge in [-0.05, 0) is 106 Å². The van der Waals surface area contributed by atoms with Crippen LogP contribution in [0.3, 0.4) is 0 Å². The summed E-state index contributed by atoms with van der Waals surface area (Å²) in [5.41, 5.74) is 1.05. The summed E-state index contributed by atoms with van der Waals surface area (Å²) < 4.78 is 22.5. The van der Waals surface area contributed by atoms with E-state index in [0.717, 1.165) is 27.9 Å². The van der Waals surface area contributed by atoms with Gasteiger partial charge in [0.2, 0.25) is 0 Å². The van der Waals surface area contributed by atoms with Gasteiger partial charge in [0.05, 0.1) is 0 Å². The molecule has 0 aliphatic heterocycles. The second-order valence-electron chi connectivity index (χ2n) is 4.21. The van der Waals surface area contributed by atoms with Gasteiger partial charge < -0.3 is 13.3 Å². The number of hydrogen-bond acceptors (Lipinski definition) is 3. The van der Waals surface area contributed by atoms with Gasteiger partial charge in [0.25, 0.3) is 0 Å². The molecular weight excluding hydrogens is 632 g/mol. The van der Waals surface area contributed by atoms with Crippen LogP contribution < -0.4 is 0 Å². The van der Waals surface area contributed by atoms with E-state index in [2.05, 4.69) is 79.6 Å². The van der Waals surface area contributed by atoms with Crippen LogP contribution in [-0.2, 0) is 19.3 Å². The second-order valence-corrected chi connectivity index (χ2v) is 10.8. The lowest BCUT2D eigenvalue weighted by molar-refractivity contribution is 0.0703. The topological polar surface area (TPSA) is 27.7 Å². The third-order valence-corrected chi connectivity index (χ3v) is 12.0. The number of halogens is 5. The second kappa shape index (κ2) is 10.0. The van der Waals surface area contributed by atoms with Crippen molar-refractivity contribution in [1.82, 2.24) is 0 Å². The maximum atomic E-state index is 5.94. The van der Waals surface area contributed by atoms with Crippen molar-refractivity contribution in [3.63, 3.8) is 0 Å². The maximum absolute atomic E-state index is 5.94. The van der Waals surface area contributed by atoms with E-state index in [1.165, 1.54) is 0 Å². The predicted octanol–water partition coefficient (Wildman–Crippen LogP) is 6.63. The van der Waals surface area contributed by atoms with Crippen LogP contribution >= 0.6 is 79.6 Å². The zero-order valence-corrected chi connectivity index (χ0v) is 21.4. The number of benzene rings is 1. The molecule has 0 amide bonds. The summed E-state index contributed by atoms with van der Waals surface area (Å²) in [5.74, 6) is 0. The summed E-state index contributed by atoms with van der Waals surface area (Å²) in [4.78, 5) is 0. The van der Waals surface area contributed by atoms with Crippen molar-refractivity contribution in [3.8, 4) is 0 Å². The lowest BCUT2D eigenvalue weighted by Crippen LogP contribution is -2.48. The van der Waals surface area contributed by atoms with Gasteiger partial charge in [0, 0.05) is 48.2 Å². The summed E-state index contributed by atoms with van der Waals surface area (Å²) in [6.07, 6.45) is 0. The first-order valence-corrected chi connectivity index (χ1v) is 12.6. The molecule has 0 aromatic heterocycles. The first-order chi connectivity index (χ1) is 10.3. The van der Waals surface area contributed by atoms with Gasteiger partial charge in [-0.15, -0.1) is 0 Å². The molecule has 0 fully saturated rings. The molecule has 0 aliphatic carbocycles. The molecule has 0 heterocycles. The number of hydrogen-bond donors (Lipinski definition) is 0. The van der Waals surface area contributed by atoms with Crippen LogP contribution in [0.1, 0.15) is 26.3 Å². The van der Waals surface area contributed by atoms with E-state index in [1.807, 2.05) is 20.8 Å². The molecular formula is C13H17Br5O3Si. The van der Waals surface area contributed by atoms with Crippen molar-refractivity contribution in [2.45, 2.75) is 26.8 Å². The average molecular weight is 649 g/mol. The summed E-state index contributed by atoms with van der Waals surface area (Å²) in [5, 5.41) is 0. The van der Waals surface area contributed by atoms with Gasteiger partial charge in [0.15, 0.2) is 0 Å². The highest BCUT2D eigenvalue weighted by atomic mass is 79.9. The van der Waals surface area contributed by atoms with E-state index < -0.39 is 8.80 Å². The molecule has 0 atom stereocenters. The minimum Gasteiger partial charge on any atom is -0.374 e. The van der Waals surface area contributed by atoms with E-state index in [4.69, 9.17) is 13.3 Å². The summed E-state index contributed by atoms with van der Waals surface area (Å²) >= 11 is 18.0. The van der Waals surface area contributed by atoms with Gasteiger partial charge in [0.1, 0.15) is 0 Å². The third-order valence-electron chi connectivity index (χ3n) is 2.79. The Bertz CT molecular complexity index is 481. The number of rotatable bonds is 8. The molecule has 3 nitrogen and oxygen atoms in total. The zero-order chi connectivity index (χ0) is 16.9. The highest BCUT2D eigenvalue weighted by molar-refractivity contribution is 9.15. The maximum Gasteiger partial charge on any atom is 0.505 e. The molecule has 0 aliphatic rings. The van der Waals surface area contributed by atoms with Gasteiger partial charge in [-0.1, -0.05) is 0 Å². The lowest BCUT2D eigenvalue weighted by atomic mass is 10.2. The third kappa shape index (κ3) is 5.11. The molecule has 0 bridgehead atoms. The Morgan fingerprint density at radius 2 is 0.955 bits per heavy atom. The molecule has 126 valence electrons. The van der Waals surface area contributed by atoms with Gasteiger partial charge in [-0.3, -0.25) is 0 Å². The average Bonchev–Trinajstić information content (AvgIpc) is 2.48. The van der Waals surface area contributed by atoms with Gasteiger partial charge in [-0.25, -0.2) is 0 Å². The Labute approximate surface area is 174 Å². The smallest absolute Gasteiger partial charge is 0.374 e.